The van der Waals surface area contributed by atoms with E-state index < -0.39 is 0 Å². The minimum atomic E-state index is -0.235. The Labute approximate surface area is 169 Å². The highest BCUT2D eigenvalue weighted by Gasteiger charge is 2.24. The first-order valence-electron chi connectivity index (χ1n) is 9.97. The Morgan fingerprint density at radius 3 is 2.31 bits per heavy atom. The molecule has 29 heavy (non-hydrogen) atoms. The molecule has 150 valence electrons. The predicted molar refractivity (Wildman–Crippen MR) is 111 cm³/mol. The summed E-state index contributed by atoms with van der Waals surface area (Å²) in [5.41, 5.74) is 2.08. The number of hydrogen-bond donors (Lipinski definition) is 1. The molecule has 0 radical (unpaired) electrons. The topological polar surface area (TPSA) is 52.7 Å². The first kappa shape index (κ1) is 19.2. The van der Waals surface area contributed by atoms with E-state index in [0.717, 1.165) is 18.4 Å². The highest BCUT2D eigenvalue weighted by Crippen LogP contribution is 2.21. The standard InChI is InChI=1S/C23H24FN3O2/c24-20-3-1-2-4-21(20)26-13-15-27(16-14-26)22(28)12-7-17-5-8-18(9-6-17)23(29)25-19-10-11-19/h1-9,12,19H,10-11,13-16H2,(H,25,29)/b12-7+. The van der Waals surface area contributed by atoms with Crippen molar-refractivity contribution in [2.45, 2.75) is 18.9 Å². The molecule has 1 saturated carbocycles. The second-order valence-electron chi connectivity index (χ2n) is 7.47. The fourth-order valence-electron chi connectivity index (χ4n) is 3.39. The largest absolute Gasteiger partial charge is 0.366 e. The molecule has 6 heteroatoms. The maximum Gasteiger partial charge on any atom is 0.251 e. The van der Waals surface area contributed by atoms with Crippen LogP contribution in [0.2, 0.25) is 0 Å². The molecular formula is C23H24FN3O2. The lowest BCUT2D eigenvalue weighted by Gasteiger charge is -2.35. The summed E-state index contributed by atoms with van der Waals surface area (Å²) in [5, 5.41) is 2.96. The summed E-state index contributed by atoms with van der Waals surface area (Å²) in [6.45, 7) is 2.31. The van der Waals surface area contributed by atoms with E-state index in [4.69, 9.17) is 0 Å². The van der Waals surface area contributed by atoms with Gasteiger partial charge >= 0.3 is 0 Å². The lowest BCUT2D eigenvalue weighted by molar-refractivity contribution is -0.126. The summed E-state index contributed by atoms with van der Waals surface area (Å²) < 4.78 is 13.9. The normalized spacial score (nSPS) is 16.9. The molecule has 0 aromatic heterocycles. The second-order valence-corrected chi connectivity index (χ2v) is 7.47. The van der Waals surface area contributed by atoms with Crippen LogP contribution in [0.15, 0.2) is 54.6 Å². The van der Waals surface area contributed by atoms with Gasteiger partial charge in [-0.25, -0.2) is 4.39 Å². The molecule has 0 unspecified atom stereocenters. The molecule has 1 saturated heterocycles. The molecule has 1 aliphatic carbocycles. The van der Waals surface area contributed by atoms with Crippen LogP contribution < -0.4 is 10.2 Å². The zero-order valence-corrected chi connectivity index (χ0v) is 16.2. The van der Waals surface area contributed by atoms with E-state index in [1.54, 1.807) is 41.3 Å². The smallest absolute Gasteiger partial charge is 0.251 e. The molecule has 4 rings (SSSR count). The molecule has 0 bridgehead atoms. The van der Waals surface area contributed by atoms with Crippen molar-refractivity contribution in [2.24, 2.45) is 0 Å². The third kappa shape index (κ3) is 4.83. The lowest BCUT2D eigenvalue weighted by Crippen LogP contribution is -2.48. The maximum absolute atomic E-state index is 13.9. The Morgan fingerprint density at radius 2 is 1.66 bits per heavy atom. The third-order valence-electron chi connectivity index (χ3n) is 5.29. The molecule has 2 aliphatic rings. The first-order valence-corrected chi connectivity index (χ1v) is 9.97. The van der Waals surface area contributed by atoms with Gasteiger partial charge in [-0.3, -0.25) is 9.59 Å². The zero-order chi connectivity index (χ0) is 20.2. The number of carbonyl (C=O) groups is 2. The lowest BCUT2D eigenvalue weighted by atomic mass is 10.1. The molecule has 1 aliphatic heterocycles. The number of benzene rings is 2. The average molecular weight is 393 g/mol. The van der Waals surface area contributed by atoms with Gasteiger partial charge in [0, 0.05) is 43.9 Å². The van der Waals surface area contributed by atoms with Crippen LogP contribution in [0.4, 0.5) is 10.1 Å². The van der Waals surface area contributed by atoms with Crippen LogP contribution in [0.25, 0.3) is 6.08 Å². The molecule has 2 fully saturated rings. The maximum atomic E-state index is 13.9. The first-order chi connectivity index (χ1) is 14.1. The van der Waals surface area contributed by atoms with Gasteiger partial charge in [-0.2, -0.15) is 0 Å². The second kappa shape index (κ2) is 8.47. The van der Waals surface area contributed by atoms with Crippen LogP contribution in [-0.4, -0.2) is 48.9 Å². The fraction of sp³-hybridized carbons (Fsp3) is 0.304. The minimum absolute atomic E-state index is 0.0492. The van der Waals surface area contributed by atoms with Crippen LogP contribution in [0.3, 0.4) is 0 Å². The van der Waals surface area contributed by atoms with Crippen LogP contribution in [0.1, 0.15) is 28.8 Å². The Kier molecular flexibility index (Phi) is 5.60. The Hall–Kier alpha value is -3.15. The molecule has 2 amide bonds. The zero-order valence-electron chi connectivity index (χ0n) is 16.2. The van der Waals surface area contributed by atoms with Crippen molar-refractivity contribution in [1.82, 2.24) is 10.2 Å². The monoisotopic (exact) mass is 393 g/mol. The third-order valence-corrected chi connectivity index (χ3v) is 5.29. The molecule has 1 heterocycles. The van der Waals surface area contributed by atoms with E-state index in [1.807, 2.05) is 23.1 Å². The van der Waals surface area contributed by atoms with Crippen molar-refractivity contribution >= 4 is 23.6 Å². The van der Waals surface area contributed by atoms with E-state index in [1.165, 1.54) is 6.07 Å². The van der Waals surface area contributed by atoms with Crippen molar-refractivity contribution in [2.75, 3.05) is 31.1 Å². The van der Waals surface area contributed by atoms with E-state index in [0.29, 0.717) is 43.5 Å². The van der Waals surface area contributed by atoms with E-state index in [9.17, 15) is 14.0 Å². The number of nitrogens with one attached hydrogen (secondary N) is 1. The Bertz CT molecular complexity index is 914. The molecule has 0 spiro atoms. The summed E-state index contributed by atoms with van der Waals surface area (Å²) in [6, 6.07) is 14.3. The molecule has 1 N–H and O–H groups in total. The molecule has 0 atom stereocenters. The number of hydrogen-bond acceptors (Lipinski definition) is 3. The highest BCUT2D eigenvalue weighted by atomic mass is 19.1. The predicted octanol–water partition coefficient (Wildman–Crippen LogP) is 3.08. The molecule has 5 nitrogen and oxygen atoms in total. The number of amides is 2. The SMILES string of the molecule is O=C(NC1CC1)c1ccc(/C=C/C(=O)N2CCN(c3ccccc3F)CC2)cc1. The number of piperazine rings is 1. The van der Waals surface area contributed by atoms with Crippen LogP contribution in [0, 0.1) is 5.82 Å². The fourth-order valence-corrected chi connectivity index (χ4v) is 3.39. The summed E-state index contributed by atoms with van der Waals surface area (Å²) in [7, 11) is 0. The van der Waals surface area contributed by atoms with Crippen molar-refractivity contribution < 1.29 is 14.0 Å². The van der Waals surface area contributed by atoms with Gasteiger partial charge in [-0.05, 0) is 48.7 Å². The van der Waals surface area contributed by atoms with E-state index >= 15 is 0 Å². The summed E-state index contributed by atoms with van der Waals surface area (Å²) in [6.07, 6.45) is 5.43. The number of nitrogens with zero attached hydrogens (tertiary/aromatic N) is 2. The van der Waals surface area contributed by atoms with E-state index in [2.05, 4.69) is 5.32 Å². The van der Waals surface area contributed by atoms with Crippen molar-refractivity contribution in [3.05, 3.63) is 71.6 Å². The van der Waals surface area contributed by atoms with Crippen molar-refractivity contribution in [3.63, 3.8) is 0 Å². The number of carbonyl (C=O) groups excluding carboxylic acids is 2. The van der Waals surface area contributed by atoms with E-state index in [-0.39, 0.29) is 17.6 Å². The van der Waals surface area contributed by atoms with Crippen LogP contribution >= 0.6 is 0 Å². The van der Waals surface area contributed by atoms with Crippen LogP contribution in [0.5, 0.6) is 0 Å². The average Bonchev–Trinajstić information content (AvgIpc) is 3.57. The molecule has 2 aromatic carbocycles. The quantitative estimate of drug-likeness (QED) is 0.795. The van der Waals surface area contributed by atoms with Gasteiger partial charge in [-0.1, -0.05) is 24.3 Å². The number of anilines is 1. The van der Waals surface area contributed by atoms with Gasteiger partial charge in [-0.15, -0.1) is 0 Å². The number of halogens is 1. The van der Waals surface area contributed by atoms with Gasteiger partial charge in [0.2, 0.25) is 5.91 Å². The van der Waals surface area contributed by atoms with Gasteiger partial charge in [0.25, 0.3) is 5.91 Å². The number of para-hydroxylation sites is 1. The Morgan fingerprint density at radius 1 is 0.966 bits per heavy atom. The minimum Gasteiger partial charge on any atom is -0.366 e. The van der Waals surface area contributed by atoms with Crippen molar-refractivity contribution in [3.8, 4) is 0 Å². The van der Waals surface area contributed by atoms with Gasteiger partial charge in [0.15, 0.2) is 0 Å². The molecule has 2 aromatic rings. The van der Waals surface area contributed by atoms with Gasteiger partial charge in [0.1, 0.15) is 5.82 Å². The summed E-state index contributed by atoms with van der Waals surface area (Å²) in [4.78, 5) is 28.2. The Balaban J connectivity index is 1.29. The van der Waals surface area contributed by atoms with Crippen molar-refractivity contribution in [1.29, 1.82) is 0 Å². The molecular weight excluding hydrogens is 369 g/mol. The summed E-state index contributed by atoms with van der Waals surface area (Å²) >= 11 is 0. The highest BCUT2D eigenvalue weighted by molar-refractivity contribution is 5.95. The van der Waals surface area contributed by atoms with Crippen LogP contribution in [-0.2, 0) is 4.79 Å². The number of rotatable bonds is 5. The van der Waals surface area contributed by atoms with Gasteiger partial charge in [0.05, 0.1) is 5.69 Å². The van der Waals surface area contributed by atoms with Gasteiger partial charge < -0.3 is 15.1 Å². The summed E-state index contributed by atoms with van der Waals surface area (Å²) in [5.74, 6) is -0.345.